The molecule has 0 amide bonds. The molecule has 1 aliphatic rings. The second kappa shape index (κ2) is 1.96. The Kier molecular flexibility index (Phi) is 1.49. The van der Waals surface area contributed by atoms with Crippen LogP contribution in [0.1, 0.15) is 6.92 Å². The molecule has 0 N–H and O–H groups in total. The second-order valence-electron chi connectivity index (χ2n) is 1.28. The maximum Gasteiger partial charge on any atom is 0.107 e. The summed E-state index contributed by atoms with van der Waals surface area (Å²) in [5.74, 6) is 0. The summed E-state index contributed by atoms with van der Waals surface area (Å²) in [5.41, 5.74) is 1.79. The van der Waals surface area contributed by atoms with E-state index in [1.807, 2.05) is 6.92 Å². The molecule has 1 rings (SSSR count). The Hall–Kier alpha value is 0.170. The van der Waals surface area contributed by atoms with E-state index in [9.17, 15) is 0 Å². The number of nitrogens with zero attached hydrogens (tertiary/aromatic N) is 2. The van der Waals surface area contributed by atoms with Crippen LogP contribution in [0.3, 0.4) is 0 Å². The molecule has 0 radical (unpaired) electrons. The molecule has 0 spiro atoms. The minimum absolute atomic E-state index is 0.406. The van der Waals surface area contributed by atoms with E-state index in [4.69, 9.17) is 0 Å². The quantitative estimate of drug-likeness (QED) is 0.500. The average molecular weight is 134 g/mol. The number of hydrogen-bond acceptors (Lipinski definition) is 4. The molecular formula is C3H6N2S2. The number of hydrogen-bond donors (Lipinski definition) is 1. The lowest BCUT2D eigenvalue weighted by molar-refractivity contribution is 0.518. The standard InChI is InChI=1S/C3H6N2S2/c1-3-5(6)4-2-7-3/h2-3,6H,1H3. The van der Waals surface area contributed by atoms with Gasteiger partial charge in [-0.15, -0.1) is 0 Å². The van der Waals surface area contributed by atoms with E-state index in [0.717, 1.165) is 0 Å². The molecule has 2 nitrogen and oxygen atoms in total. The highest BCUT2D eigenvalue weighted by Gasteiger charge is 2.10. The molecule has 0 aromatic rings. The molecule has 1 unspecified atom stereocenters. The zero-order valence-electron chi connectivity index (χ0n) is 3.90. The number of hydrazone groups is 1. The lowest BCUT2D eigenvalue weighted by Crippen LogP contribution is -2.08. The van der Waals surface area contributed by atoms with Gasteiger partial charge in [0.2, 0.25) is 0 Å². The van der Waals surface area contributed by atoms with Crippen LogP contribution in [0.5, 0.6) is 0 Å². The van der Waals surface area contributed by atoms with Gasteiger partial charge in [-0.1, -0.05) is 11.8 Å². The van der Waals surface area contributed by atoms with Crippen LogP contribution in [0.4, 0.5) is 0 Å². The molecule has 0 saturated heterocycles. The van der Waals surface area contributed by atoms with Gasteiger partial charge < -0.3 is 0 Å². The van der Waals surface area contributed by atoms with Crippen molar-refractivity contribution in [1.82, 2.24) is 4.41 Å². The zero-order valence-corrected chi connectivity index (χ0v) is 5.62. The molecule has 1 heterocycles. The first-order chi connectivity index (χ1) is 3.30. The number of thioether (sulfide) groups is 1. The smallest absolute Gasteiger partial charge is 0.107 e. The summed E-state index contributed by atoms with van der Waals surface area (Å²) in [6, 6.07) is 0. The summed E-state index contributed by atoms with van der Waals surface area (Å²) in [6.07, 6.45) is 0. The highest BCUT2D eigenvalue weighted by Crippen LogP contribution is 2.20. The molecule has 1 aliphatic heterocycles. The minimum atomic E-state index is 0.406. The van der Waals surface area contributed by atoms with Crippen LogP contribution in [0, 0.1) is 0 Å². The van der Waals surface area contributed by atoms with Gasteiger partial charge in [0.25, 0.3) is 0 Å². The van der Waals surface area contributed by atoms with Crippen LogP contribution in [0.25, 0.3) is 0 Å². The summed E-state index contributed by atoms with van der Waals surface area (Å²) < 4.78 is 1.63. The Bertz CT molecular complexity index is 92.9. The van der Waals surface area contributed by atoms with Gasteiger partial charge in [0.15, 0.2) is 0 Å². The molecule has 0 aromatic carbocycles. The van der Waals surface area contributed by atoms with Gasteiger partial charge in [0.05, 0.1) is 5.55 Å². The van der Waals surface area contributed by atoms with Crippen LogP contribution < -0.4 is 0 Å². The van der Waals surface area contributed by atoms with Gasteiger partial charge in [-0.2, -0.15) is 5.10 Å². The van der Waals surface area contributed by atoms with Crippen molar-refractivity contribution in [2.24, 2.45) is 5.10 Å². The Morgan fingerprint density at radius 1 is 2.00 bits per heavy atom. The minimum Gasteiger partial charge on any atom is -0.228 e. The first-order valence-corrected chi connectivity index (χ1v) is 3.31. The summed E-state index contributed by atoms with van der Waals surface area (Å²) in [6.45, 7) is 2.05. The van der Waals surface area contributed by atoms with Crippen molar-refractivity contribution < 1.29 is 0 Å². The molecule has 1 atom stereocenters. The van der Waals surface area contributed by atoms with Crippen LogP contribution in [-0.2, 0) is 0 Å². The maximum absolute atomic E-state index is 4.00. The first-order valence-electron chi connectivity index (χ1n) is 1.97. The van der Waals surface area contributed by atoms with Gasteiger partial charge in [-0.3, -0.25) is 0 Å². The predicted octanol–water partition coefficient (Wildman–Crippen LogP) is 1.17. The maximum atomic E-state index is 4.00. The second-order valence-corrected chi connectivity index (χ2v) is 2.85. The summed E-state index contributed by atoms with van der Waals surface area (Å²) in [7, 11) is 0. The fourth-order valence-corrected chi connectivity index (χ4v) is 1.09. The van der Waals surface area contributed by atoms with Crippen molar-refractivity contribution in [3.63, 3.8) is 0 Å². The van der Waals surface area contributed by atoms with Crippen molar-refractivity contribution in [2.75, 3.05) is 0 Å². The van der Waals surface area contributed by atoms with Gasteiger partial charge in [0.1, 0.15) is 5.37 Å². The Labute approximate surface area is 52.5 Å². The van der Waals surface area contributed by atoms with Gasteiger partial charge in [-0.05, 0) is 19.7 Å². The molecular weight excluding hydrogens is 128 g/mol. The van der Waals surface area contributed by atoms with Crippen LogP contribution >= 0.6 is 24.6 Å². The van der Waals surface area contributed by atoms with E-state index in [1.54, 1.807) is 21.7 Å². The SMILES string of the molecule is CC1SC=NN1S. The van der Waals surface area contributed by atoms with E-state index in [1.165, 1.54) is 0 Å². The highest BCUT2D eigenvalue weighted by molar-refractivity contribution is 8.13. The molecule has 0 fully saturated rings. The summed E-state index contributed by atoms with van der Waals surface area (Å²) >= 11 is 5.67. The van der Waals surface area contributed by atoms with Crippen molar-refractivity contribution in [1.29, 1.82) is 0 Å². The third-order valence-electron chi connectivity index (χ3n) is 0.748. The molecule has 0 aliphatic carbocycles. The van der Waals surface area contributed by atoms with Crippen LogP contribution in [0.2, 0.25) is 0 Å². The van der Waals surface area contributed by atoms with Gasteiger partial charge in [-0.25, -0.2) is 4.41 Å². The fraction of sp³-hybridized carbons (Fsp3) is 0.667. The lowest BCUT2D eigenvalue weighted by Gasteiger charge is -2.08. The third-order valence-corrected chi connectivity index (χ3v) is 2.16. The van der Waals surface area contributed by atoms with E-state index in [-0.39, 0.29) is 0 Å². The first kappa shape index (κ1) is 5.31. The van der Waals surface area contributed by atoms with Crippen molar-refractivity contribution in [3.8, 4) is 0 Å². The van der Waals surface area contributed by atoms with E-state index >= 15 is 0 Å². The van der Waals surface area contributed by atoms with E-state index in [2.05, 4.69) is 17.9 Å². The van der Waals surface area contributed by atoms with Gasteiger partial charge in [0, 0.05) is 0 Å². The summed E-state index contributed by atoms with van der Waals surface area (Å²) in [4.78, 5) is 0. The monoisotopic (exact) mass is 134 g/mol. The number of rotatable bonds is 0. The zero-order chi connectivity index (χ0) is 5.28. The van der Waals surface area contributed by atoms with E-state index < -0.39 is 0 Å². The molecule has 0 saturated carbocycles. The van der Waals surface area contributed by atoms with Crippen molar-refractivity contribution in [2.45, 2.75) is 12.3 Å². The predicted molar refractivity (Wildman–Crippen MR) is 36.4 cm³/mol. The average Bonchev–Trinajstić information content (AvgIpc) is 1.91. The number of thiol groups is 1. The Balaban J connectivity index is 2.45. The Morgan fingerprint density at radius 2 is 2.71 bits per heavy atom. The van der Waals surface area contributed by atoms with Crippen molar-refractivity contribution in [3.05, 3.63) is 0 Å². The third kappa shape index (κ3) is 1.04. The molecule has 0 aromatic heterocycles. The van der Waals surface area contributed by atoms with Gasteiger partial charge >= 0.3 is 0 Å². The summed E-state index contributed by atoms with van der Waals surface area (Å²) in [5, 5.41) is 4.26. The normalized spacial score (nSPS) is 29.4. The van der Waals surface area contributed by atoms with Crippen molar-refractivity contribution >= 4 is 30.1 Å². The molecule has 40 valence electrons. The van der Waals surface area contributed by atoms with Crippen LogP contribution in [0.15, 0.2) is 5.10 Å². The Morgan fingerprint density at radius 3 is 2.86 bits per heavy atom. The molecule has 4 heteroatoms. The molecule has 7 heavy (non-hydrogen) atoms. The molecule has 0 bridgehead atoms. The van der Waals surface area contributed by atoms with E-state index in [0.29, 0.717) is 5.37 Å². The van der Waals surface area contributed by atoms with Crippen LogP contribution in [-0.4, -0.2) is 15.3 Å². The highest BCUT2D eigenvalue weighted by atomic mass is 32.2. The topological polar surface area (TPSA) is 15.6 Å². The largest absolute Gasteiger partial charge is 0.228 e. The fourth-order valence-electron chi connectivity index (χ4n) is 0.312. The lowest BCUT2D eigenvalue weighted by atomic mass is 10.8.